The van der Waals surface area contributed by atoms with Gasteiger partial charge in [-0.15, -0.1) is 0 Å². The first-order valence-corrected chi connectivity index (χ1v) is 6.77. The summed E-state index contributed by atoms with van der Waals surface area (Å²) in [7, 11) is 2.00. The molecule has 0 radical (unpaired) electrons. The largest absolute Gasteiger partial charge is 0.376 e. The lowest BCUT2D eigenvalue weighted by atomic mass is 10.3. The van der Waals surface area contributed by atoms with Crippen molar-refractivity contribution in [1.82, 2.24) is 15.2 Å². The second-order valence-corrected chi connectivity index (χ2v) is 4.76. The summed E-state index contributed by atoms with van der Waals surface area (Å²) in [5.74, 6) is 0. The van der Waals surface area contributed by atoms with Gasteiger partial charge in [-0.25, -0.2) is 0 Å². The number of likely N-dealkylation sites (N-methyl/N-ethyl adjacent to an activating group) is 1. The predicted octanol–water partition coefficient (Wildman–Crippen LogP) is 0.934. The number of hydrogen-bond acceptors (Lipinski definition) is 4. The van der Waals surface area contributed by atoms with Gasteiger partial charge in [0.2, 0.25) is 0 Å². The van der Waals surface area contributed by atoms with Gasteiger partial charge < -0.3 is 10.1 Å². The van der Waals surface area contributed by atoms with E-state index in [2.05, 4.69) is 21.3 Å². The molecule has 4 nitrogen and oxygen atoms in total. The van der Waals surface area contributed by atoms with Crippen molar-refractivity contribution in [3.63, 3.8) is 0 Å². The molecular formula is C14H23N3O. The Labute approximate surface area is 109 Å². The molecule has 0 saturated carbocycles. The molecule has 0 aromatic carbocycles. The van der Waals surface area contributed by atoms with Crippen LogP contribution in [0.15, 0.2) is 24.4 Å². The van der Waals surface area contributed by atoms with Crippen LogP contribution in [0, 0.1) is 0 Å². The first kappa shape index (κ1) is 13.5. The van der Waals surface area contributed by atoms with Crippen LogP contribution in [0.2, 0.25) is 0 Å². The summed E-state index contributed by atoms with van der Waals surface area (Å²) in [6, 6.07) is 6.02. The average Bonchev–Trinajstić information content (AvgIpc) is 2.85. The Morgan fingerprint density at radius 3 is 3.22 bits per heavy atom. The zero-order valence-corrected chi connectivity index (χ0v) is 11.1. The maximum Gasteiger partial charge on any atom is 0.0714 e. The van der Waals surface area contributed by atoms with Crippen molar-refractivity contribution < 1.29 is 4.74 Å². The second-order valence-electron chi connectivity index (χ2n) is 4.76. The number of rotatable bonds is 7. The summed E-state index contributed by atoms with van der Waals surface area (Å²) in [6.07, 6.45) is 4.31. The number of aromatic nitrogens is 1. The van der Waals surface area contributed by atoms with Crippen LogP contribution >= 0.6 is 0 Å². The Balaban J connectivity index is 1.60. The number of likely N-dealkylation sites (tertiary alicyclic amines) is 1. The molecule has 2 rings (SSSR count). The third-order valence-electron chi connectivity index (χ3n) is 3.35. The minimum atomic E-state index is 0.408. The van der Waals surface area contributed by atoms with Crippen LogP contribution in [0.3, 0.4) is 0 Å². The van der Waals surface area contributed by atoms with Crippen LogP contribution in [0.25, 0.3) is 0 Å². The minimum Gasteiger partial charge on any atom is -0.376 e. The van der Waals surface area contributed by atoms with Gasteiger partial charge in [0.15, 0.2) is 0 Å². The molecule has 1 aromatic rings. The van der Waals surface area contributed by atoms with Crippen LogP contribution in [-0.4, -0.2) is 55.8 Å². The predicted molar refractivity (Wildman–Crippen MR) is 72.7 cm³/mol. The topological polar surface area (TPSA) is 37.4 Å². The molecule has 1 aromatic heterocycles. The lowest BCUT2D eigenvalue weighted by Crippen LogP contribution is -2.30. The van der Waals surface area contributed by atoms with E-state index in [1.54, 1.807) is 0 Å². The highest BCUT2D eigenvalue weighted by atomic mass is 16.5. The normalized spacial score (nSPS) is 20.4. The molecule has 1 aliphatic heterocycles. The van der Waals surface area contributed by atoms with E-state index in [9.17, 15) is 0 Å². The van der Waals surface area contributed by atoms with Crippen molar-refractivity contribution in [2.24, 2.45) is 0 Å². The molecule has 1 atom stereocenters. The molecule has 1 saturated heterocycles. The average molecular weight is 249 g/mol. The minimum absolute atomic E-state index is 0.408. The van der Waals surface area contributed by atoms with Gasteiger partial charge in [0, 0.05) is 44.5 Å². The Kier molecular flexibility index (Phi) is 5.58. The molecule has 0 spiro atoms. The molecule has 4 heteroatoms. The maximum absolute atomic E-state index is 5.92. The first-order valence-electron chi connectivity index (χ1n) is 6.77. The lowest BCUT2D eigenvalue weighted by molar-refractivity contribution is 0.0610. The highest BCUT2D eigenvalue weighted by molar-refractivity contribution is 5.03. The van der Waals surface area contributed by atoms with E-state index in [1.165, 1.54) is 0 Å². The van der Waals surface area contributed by atoms with Gasteiger partial charge in [0.25, 0.3) is 0 Å². The third-order valence-corrected chi connectivity index (χ3v) is 3.35. The number of pyridine rings is 1. The molecule has 2 heterocycles. The smallest absolute Gasteiger partial charge is 0.0714 e. The summed E-state index contributed by atoms with van der Waals surface area (Å²) < 4.78 is 5.92. The molecule has 18 heavy (non-hydrogen) atoms. The molecule has 1 unspecified atom stereocenters. The summed E-state index contributed by atoms with van der Waals surface area (Å²) in [6.45, 7) is 5.19. The molecule has 0 amide bonds. The summed E-state index contributed by atoms with van der Waals surface area (Å²) in [4.78, 5) is 6.76. The van der Waals surface area contributed by atoms with E-state index in [4.69, 9.17) is 4.74 Å². The van der Waals surface area contributed by atoms with Gasteiger partial charge >= 0.3 is 0 Å². The van der Waals surface area contributed by atoms with Crippen LogP contribution in [0.1, 0.15) is 12.1 Å². The van der Waals surface area contributed by atoms with Crippen LogP contribution in [0.5, 0.6) is 0 Å². The highest BCUT2D eigenvalue weighted by Gasteiger charge is 2.22. The van der Waals surface area contributed by atoms with Crippen molar-refractivity contribution >= 4 is 0 Å². The van der Waals surface area contributed by atoms with E-state index in [1.807, 2.05) is 25.4 Å². The monoisotopic (exact) mass is 249 g/mol. The van der Waals surface area contributed by atoms with Crippen molar-refractivity contribution in [2.75, 3.05) is 39.8 Å². The molecule has 0 aliphatic carbocycles. The number of nitrogens with zero attached hydrogens (tertiary/aromatic N) is 2. The Morgan fingerprint density at radius 1 is 1.50 bits per heavy atom. The number of nitrogens with one attached hydrogen (secondary N) is 1. The van der Waals surface area contributed by atoms with Crippen LogP contribution < -0.4 is 5.32 Å². The SMILES string of the molecule is CNCCN1CCC(OCCc2ccccn2)C1. The van der Waals surface area contributed by atoms with E-state index in [0.717, 1.165) is 51.3 Å². The second kappa shape index (κ2) is 7.46. The Hall–Kier alpha value is -0.970. The molecular weight excluding hydrogens is 226 g/mol. The third kappa shape index (κ3) is 4.37. The Bertz CT molecular complexity index is 331. The zero-order valence-electron chi connectivity index (χ0n) is 11.1. The number of hydrogen-bond donors (Lipinski definition) is 1. The van der Waals surface area contributed by atoms with E-state index in [0.29, 0.717) is 6.10 Å². The molecule has 1 N–H and O–H groups in total. The van der Waals surface area contributed by atoms with Crippen LogP contribution in [0.4, 0.5) is 0 Å². The van der Waals surface area contributed by atoms with E-state index < -0.39 is 0 Å². The fourth-order valence-corrected chi connectivity index (χ4v) is 2.28. The molecule has 1 aliphatic rings. The van der Waals surface area contributed by atoms with Gasteiger partial charge in [0.05, 0.1) is 12.7 Å². The van der Waals surface area contributed by atoms with Crippen LogP contribution in [-0.2, 0) is 11.2 Å². The lowest BCUT2D eigenvalue weighted by Gasteiger charge is -2.15. The quantitative estimate of drug-likeness (QED) is 0.780. The highest BCUT2D eigenvalue weighted by Crippen LogP contribution is 2.12. The van der Waals surface area contributed by atoms with Crippen molar-refractivity contribution in [3.05, 3.63) is 30.1 Å². The first-order chi connectivity index (χ1) is 8.88. The molecule has 1 fully saturated rings. The van der Waals surface area contributed by atoms with Gasteiger partial charge in [-0.1, -0.05) is 6.07 Å². The fourth-order valence-electron chi connectivity index (χ4n) is 2.28. The maximum atomic E-state index is 5.92. The van der Waals surface area contributed by atoms with Gasteiger partial charge in [0.1, 0.15) is 0 Å². The Morgan fingerprint density at radius 2 is 2.44 bits per heavy atom. The van der Waals surface area contributed by atoms with Crippen molar-refractivity contribution in [2.45, 2.75) is 18.9 Å². The summed E-state index contributed by atoms with van der Waals surface area (Å²) in [5, 5.41) is 3.18. The molecule has 100 valence electrons. The van der Waals surface area contributed by atoms with Gasteiger partial charge in [-0.3, -0.25) is 9.88 Å². The van der Waals surface area contributed by atoms with Gasteiger partial charge in [-0.2, -0.15) is 0 Å². The fraction of sp³-hybridized carbons (Fsp3) is 0.643. The van der Waals surface area contributed by atoms with Crippen molar-refractivity contribution in [1.29, 1.82) is 0 Å². The summed E-state index contributed by atoms with van der Waals surface area (Å²) in [5.41, 5.74) is 1.11. The van der Waals surface area contributed by atoms with Crippen molar-refractivity contribution in [3.8, 4) is 0 Å². The molecule has 0 bridgehead atoms. The standard InChI is InChI=1S/C14H23N3O/c1-15-8-10-17-9-5-14(12-17)18-11-6-13-4-2-3-7-16-13/h2-4,7,14-15H,5-6,8-12H2,1H3. The number of ether oxygens (including phenoxy) is 1. The van der Waals surface area contributed by atoms with E-state index in [-0.39, 0.29) is 0 Å². The van der Waals surface area contributed by atoms with Gasteiger partial charge in [-0.05, 0) is 25.6 Å². The summed E-state index contributed by atoms with van der Waals surface area (Å²) >= 11 is 0. The zero-order chi connectivity index (χ0) is 12.6. The van der Waals surface area contributed by atoms with E-state index >= 15 is 0 Å².